The minimum atomic E-state index is -4.73. The molecule has 2 amide bonds. The number of rotatable bonds is 6. The molecule has 0 spiro atoms. The summed E-state index contributed by atoms with van der Waals surface area (Å²) >= 11 is 0.665. The van der Waals surface area contributed by atoms with Crippen LogP contribution in [0.1, 0.15) is 44.2 Å². The first-order chi connectivity index (χ1) is 12.9. The quantitative estimate of drug-likeness (QED) is 0.515. The summed E-state index contributed by atoms with van der Waals surface area (Å²) in [4.78, 5) is 25.6. The summed E-state index contributed by atoms with van der Waals surface area (Å²) in [6.45, 7) is 3.80. The van der Waals surface area contributed by atoms with Gasteiger partial charge in [0.25, 0.3) is 11.1 Å². The molecule has 0 radical (unpaired) electrons. The highest BCUT2D eigenvalue weighted by molar-refractivity contribution is 8.18. The van der Waals surface area contributed by atoms with E-state index >= 15 is 0 Å². The van der Waals surface area contributed by atoms with Crippen LogP contribution in [-0.4, -0.2) is 27.7 Å². The van der Waals surface area contributed by atoms with E-state index in [0.717, 1.165) is 17.0 Å². The smallest absolute Gasteiger partial charge is 0.419 e. The molecule has 1 aromatic rings. The lowest BCUT2D eigenvalue weighted by Crippen LogP contribution is -2.29. The van der Waals surface area contributed by atoms with Crippen LogP contribution < -0.4 is 0 Å². The van der Waals surface area contributed by atoms with Crippen molar-refractivity contribution in [3.05, 3.63) is 34.2 Å². The Kier molecular flexibility index (Phi) is 6.44. The van der Waals surface area contributed by atoms with Gasteiger partial charge in [-0.1, -0.05) is 12.5 Å². The molecule has 2 rings (SSSR count). The van der Waals surface area contributed by atoms with Gasteiger partial charge in [0.15, 0.2) is 0 Å². The monoisotopic (exact) mass is 412 g/mol. The van der Waals surface area contributed by atoms with Gasteiger partial charge >= 0.3 is 6.18 Å². The molecule has 1 aromatic carbocycles. The van der Waals surface area contributed by atoms with Crippen LogP contribution in [0.4, 0.5) is 18.0 Å². The lowest BCUT2D eigenvalue weighted by atomic mass is 9.89. The number of thioether (sulfide) groups is 1. The number of unbranched alkanes of at least 4 members (excludes halogenated alkanes) is 1. The number of nitrogens with zero attached hydrogens (tertiary/aromatic N) is 2. The molecular weight excluding hydrogens is 393 g/mol. The van der Waals surface area contributed by atoms with E-state index in [0.29, 0.717) is 31.0 Å². The number of carbonyl (C=O) groups excluding carboxylic acids is 2. The summed E-state index contributed by atoms with van der Waals surface area (Å²) in [6, 6.07) is 5.05. The number of imide groups is 1. The molecule has 0 saturated carbocycles. The SMILES string of the molecule is CC(C)(C#N)CCCCN1C(=O)S/C(=C/c2ccc(O)c(C(F)(F)F)c2)C1=O. The number of halogens is 3. The van der Waals surface area contributed by atoms with Gasteiger partial charge in [-0.2, -0.15) is 18.4 Å². The normalized spacial score (nSPS) is 16.7. The summed E-state index contributed by atoms with van der Waals surface area (Å²) < 4.78 is 38.7. The Bertz CT molecular complexity index is 857. The number of alkyl halides is 3. The highest BCUT2D eigenvalue weighted by Crippen LogP contribution is 2.38. The van der Waals surface area contributed by atoms with E-state index in [1.807, 2.05) is 13.8 Å². The van der Waals surface area contributed by atoms with Crippen molar-refractivity contribution in [1.29, 1.82) is 5.26 Å². The third-order valence-electron chi connectivity index (χ3n) is 4.23. The predicted octanol–water partition coefficient (Wildman–Crippen LogP) is 5.17. The topological polar surface area (TPSA) is 81.4 Å². The molecule has 5 nitrogen and oxygen atoms in total. The first kappa shape index (κ1) is 21.8. The number of hydrogen-bond acceptors (Lipinski definition) is 5. The highest BCUT2D eigenvalue weighted by Gasteiger charge is 2.36. The number of phenols is 1. The van der Waals surface area contributed by atoms with E-state index in [9.17, 15) is 27.9 Å². The first-order valence-electron chi connectivity index (χ1n) is 8.51. The third-order valence-corrected chi connectivity index (χ3v) is 5.14. The predicted molar refractivity (Wildman–Crippen MR) is 99.0 cm³/mol. The average Bonchev–Trinajstić information content (AvgIpc) is 2.86. The van der Waals surface area contributed by atoms with Crippen molar-refractivity contribution in [2.24, 2.45) is 5.41 Å². The van der Waals surface area contributed by atoms with Crippen molar-refractivity contribution < 1.29 is 27.9 Å². The van der Waals surface area contributed by atoms with Crippen molar-refractivity contribution in [2.75, 3.05) is 6.54 Å². The molecule has 0 unspecified atom stereocenters. The second-order valence-corrected chi connectivity index (χ2v) is 8.05. The summed E-state index contributed by atoms with van der Waals surface area (Å²) in [5.41, 5.74) is -1.62. The molecule has 1 aliphatic heterocycles. The number of phenolic OH excluding ortho intramolecular Hbond substituents is 1. The van der Waals surface area contributed by atoms with Crippen LogP contribution in [0.5, 0.6) is 5.75 Å². The lowest BCUT2D eigenvalue weighted by Gasteiger charge is -2.16. The van der Waals surface area contributed by atoms with Crippen LogP contribution >= 0.6 is 11.8 Å². The molecule has 0 atom stereocenters. The minimum Gasteiger partial charge on any atom is -0.507 e. The third kappa shape index (κ3) is 5.29. The Morgan fingerprint density at radius 3 is 2.54 bits per heavy atom. The van der Waals surface area contributed by atoms with Gasteiger partial charge in [-0.05, 0) is 62.2 Å². The molecular formula is C19H19F3N2O3S. The molecule has 1 aliphatic rings. The number of hydrogen-bond donors (Lipinski definition) is 1. The summed E-state index contributed by atoms with van der Waals surface area (Å²) in [6.07, 6.45) is -1.70. The van der Waals surface area contributed by atoms with Gasteiger partial charge < -0.3 is 5.11 Å². The van der Waals surface area contributed by atoms with E-state index < -0.39 is 34.1 Å². The molecule has 0 aliphatic carbocycles. The van der Waals surface area contributed by atoms with Gasteiger partial charge in [-0.3, -0.25) is 14.5 Å². The Balaban J connectivity index is 2.08. The standard InChI is InChI=1S/C19H19F3N2O3S/c1-18(2,11-23)7-3-4-8-24-16(26)15(28-17(24)27)10-12-5-6-14(25)13(9-12)19(20,21)22/h5-6,9-10,25H,3-4,7-8H2,1-2H3/b15-10+. The number of aromatic hydroxyl groups is 1. The van der Waals surface area contributed by atoms with Crippen LogP contribution in [-0.2, 0) is 11.0 Å². The zero-order valence-electron chi connectivity index (χ0n) is 15.3. The maximum absolute atomic E-state index is 12.9. The second kappa shape index (κ2) is 8.27. The van der Waals surface area contributed by atoms with Crippen molar-refractivity contribution >= 4 is 29.0 Å². The molecule has 0 aromatic heterocycles. The first-order valence-corrected chi connectivity index (χ1v) is 9.33. The van der Waals surface area contributed by atoms with Gasteiger partial charge in [0, 0.05) is 6.54 Å². The largest absolute Gasteiger partial charge is 0.507 e. The Hall–Kier alpha value is -2.47. The number of nitriles is 1. The summed E-state index contributed by atoms with van der Waals surface area (Å²) in [7, 11) is 0. The summed E-state index contributed by atoms with van der Waals surface area (Å²) in [5.74, 6) is -1.46. The van der Waals surface area contributed by atoms with E-state index in [2.05, 4.69) is 6.07 Å². The lowest BCUT2D eigenvalue weighted by molar-refractivity contribution is -0.138. The van der Waals surface area contributed by atoms with E-state index in [1.165, 1.54) is 12.1 Å². The number of benzene rings is 1. The molecule has 1 fully saturated rings. The molecule has 9 heteroatoms. The van der Waals surface area contributed by atoms with Gasteiger partial charge in [0.2, 0.25) is 0 Å². The molecule has 1 N–H and O–H groups in total. The van der Waals surface area contributed by atoms with E-state index in [-0.39, 0.29) is 17.0 Å². The van der Waals surface area contributed by atoms with Crippen molar-refractivity contribution in [3.8, 4) is 11.8 Å². The van der Waals surface area contributed by atoms with E-state index in [4.69, 9.17) is 5.26 Å². The molecule has 28 heavy (non-hydrogen) atoms. The number of amides is 2. The van der Waals surface area contributed by atoms with Crippen molar-refractivity contribution in [1.82, 2.24) is 4.90 Å². The second-order valence-electron chi connectivity index (χ2n) is 7.06. The van der Waals surface area contributed by atoms with Crippen LogP contribution in [0.3, 0.4) is 0 Å². The fourth-order valence-corrected chi connectivity index (χ4v) is 3.47. The van der Waals surface area contributed by atoms with Gasteiger partial charge in [-0.15, -0.1) is 0 Å². The Labute approximate surface area is 164 Å². The van der Waals surface area contributed by atoms with Gasteiger partial charge in [-0.25, -0.2) is 0 Å². The average molecular weight is 412 g/mol. The number of carbonyl (C=O) groups is 2. The molecule has 0 bridgehead atoms. The van der Waals surface area contributed by atoms with Gasteiger partial charge in [0.1, 0.15) is 5.75 Å². The maximum Gasteiger partial charge on any atom is 0.419 e. The molecule has 1 saturated heterocycles. The van der Waals surface area contributed by atoms with Crippen LogP contribution in [0.25, 0.3) is 6.08 Å². The maximum atomic E-state index is 12.9. The zero-order chi connectivity index (χ0) is 21.1. The van der Waals surface area contributed by atoms with Crippen LogP contribution in [0.15, 0.2) is 23.1 Å². The van der Waals surface area contributed by atoms with Crippen molar-refractivity contribution in [3.63, 3.8) is 0 Å². The molecule has 150 valence electrons. The summed E-state index contributed by atoms with van der Waals surface area (Å²) in [5, 5.41) is 17.9. The van der Waals surface area contributed by atoms with E-state index in [1.54, 1.807) is 0 Å². The fourth-order valence-electron chi connectivity index (χ4n) is 2.61. The van der Waals surface area contributed by atoms with Crippen LogP contribution in [0.2, 0.25) is 0 Å². The van der Waals surface area contributed by atoms with Crippen LogP contribution in [0, 0.1) is 16.7 Å². The zero-order valence-corrected chi connectivity index (χ0v) is 16.2. The fraction of sp³-hybridized carbons (Fsp3) is 0.421. The van der Waals surface area contributed by atoms with Gasteiger partial charge in [0.05, 0.1) is 22.0 Å². The van der Waals surface area contributed by atoms with Crippen molar-refractivity contribution in [2.45, 2.75) is 39.3 Å². The molecule has 1 heterocycles. The Morgan fingerprint density at radius 2 is 1.93 bits per heavy atom. The minimum absolute atomic E-state index is 0.0289. The Morgan fingerprint density at radius 1 is 1.25 bits per heavy atom. The highest BCUT2D eigenvalue weighted by atomic mass is 32.2.